The first kappa shape index (κ1) is 19.1. The standard InChI is InChI=1S/C17H19ClN4O5/c1-11-7-22(17(25)20-16(11)24)9-14(23)21-5-6-26-12(8-21)10-27-13-3-2-4-19-15(13)18/h2-4,7,12H,5-6,8-10H2,1H3,(H,20,24,25). The van der Waals surface area contributed by atoms with E-state index in [1.165, 1.54) is 10.8 Å². The Labute approximate surface area is 159 Å². The van der Waals surface area contributed by atoms with E-state index in [-0.39, 0.29) is 30.3 Å². The lowest BCUT2D eigenvalue weighted by atomic mass is 10.2. The van der Waals surface area contributed by atoms with Crippen molar-refractivity contribution in [2.45, 2.75) is 19.6 Å². The van der Waals surface area contributed by atoms with Gasteiger partial charge in [0.1, 0.15) is 19.3 Å². The highest BCUT2D eigenvalue weighted by Crippen LogP contribution is 2.21. The van der Waals surface area contributed by atoms with Crippen molar-refractivity contribution in [2.75, 3.05) is 26.3 Å². The summed E-state index contributed by atoms with van der Waals surface area (Å²) in [6.07, 6.45) is 2.62. The molecule has 0 aliphatic carbocycles. The zero-order valence-corrected chi connectivity index (χ0v) is 15.4. The van der Waals surface area contributed by atoms with E-state index >= 15 is 0 Å². The smallest absolute Gasteiger partial charge is 0.328 e. The summed E-state index contributed by atoms with van der Waals surface area (Å²) in [7, 11) is 0. The molecule has 0 radical (unpaired) electrons. The molecule has 10 heteroatoms. The van der Waals surface area contributed by atoms with Crippen LogP contribution in [0.25, 0.3) is 0 Å². The second kappa shape index (κ2) is 8.36. The molecule has 1 aliphatic heterocycles. The molecule has 2 aromatic rings. The number of aryl methyl sites for hydroxylation is 1. The molecule has 2 aromatic heterocycles. The number of nitrogens with one attached hydrogen (secondary N) is 1. The Morgan fingerprint density at radius 2 is 2.30 bits per heavy atom. The average molecular weight is 395 g/mol. The minimum atomic E-state index is -0.613. The van der Waals surface area contributed by atoms with E-state index in [0.717, 1.165) is 0 Å². The van der Waals surface area contributed by atoms with Crippen LogP contribution < -0.4 is 16.0 Å². The minimum absolute atomic E-state index is 0.154. The molecule has 0 spiro atoms. The highest BCUT2D eigenvalue weighted by atomic mass is 35.5. The second-order valence-electron chi connectivity index (χ2n) is 6.14. The number of aromatic nitrogens is 3. The van der Waals surface area contributed by atoms with Crippen LogP contribution in [0.1, 0.15) is 5.56 Å². The number of nitrogens with zero attached hydrogens (tertiary/aromatic N) is 3. The van der Waals surface area contributed by atoms with Crippen LogP contribution in [0.5, 0.6) is 5.75 Å². The first-order valence-corrected chi connectivity index (χ1v) is 8.75. The Kier molecular flexibility index (Phi) is 5.92. The van der Waals surface area contributed by atoms with Crippen LogP contribution in [-0.4, -0.2) is 57.7 Å². The highest BCUT2D eigenvalue weighted by Gasteiger charge is 2.25. The lowest BCUT2D eigenvalue weighted by molar-refractivity contribution is -0.140. The predicted octanol–water partition coefficient (Wildman–Crippen LogP) is 0.200. The molecule has 3 heterocycles. The van der Waals surface area contributed by atoms with Crippen molar-refractivity contribution in [3.8, 4) is 5.75 Å². The van der Waals surface area contributed by atoms with Crippen molar-refractivity contribution >= 4 is 17.5 Å². The van der Waals surface area contributed by atoms with Gasteiger partial charge >= 0.3 is 5.69 Å². The number of morpholine rings is 1. The van der Waals surface area contributed by atoms with E-state index < -0.39 is 11.2 Å². The van der Waals surface area contributed by atoms with Crippen molar-refractivity contribution in [3.05, 3.63) is 56.1 Å². The fourth-order valence-corrected chi connectivity index (χ4v) is 2.86. The fourth-order valence-electron chi connectivity index (χ4n) is 2.69. The number of hydrogen-bond donors (Lipinski definition) is 1. The highest BCUT2D eigenvalue weighted by molar-refractivity contribution is 6.30. The normalized spacial score (nSPS) is 17.0. The van der Waals surface area contributed by atoms with Crippen LogP contribution in [0, 0.1) is 6.92 Å². The molecule has 27 heavy (non-hydrogen) atoms. The molecule has 1 saturated heterocycles. The van der Waals surface area contributed by atoms with Crippen molar-refractivity contribution in [1.82, 2.24) is 19.4 Å². The van der Waals surface area contributed by atoms with Gasteiger partial charge in [-0.25, -0.2) is 9.78 Å². The Morgan fingerprint density at radius 3 is 3.07 bits per heavy atom. The number of halogens is 1. The minimum Gasteiger partial charge on any atom is -0.488 e. The largest absolute Gasteiger partial charge is 0.488 e. The molecule has 9 nitrogen and oxygen atoms in total. The third-order valence-corrected chi connectivity index (χ3v) is 4.42. The van der Waals surface area contributed by atoms with Gasteiger partial charge in [0, 0.05) is 24.5 Å². The monoisotopic (exact) mass is 394 g/mol. The van der Waals surface area contributed by atoms with Crippen molar-refractivity contribution in [3.63, 3.8) is 0 Å². The Balaban J connectivity index is 1.60. The van der Waals surface area contributed by atoms with Gasteiger partial charge in [0.2, 0.25) is 5.91 Å². The zero-order chi connectivity index (χ0) is 19.4. The summed E-state index contributed by atoms with van der Waals surface area (Å²) in [6.45, 7) is 2.74. The van der Waals surface area contributed by atoms with Gasteiger partial charge in [-0.15, -0.1) is 0 Å². The van der Waals surface area contributed by atoms with E-state index in [2.05, 4.69) is 9.97 Å². The maximum Gasteiger partial charge on any atom is 0.328 e. The maximum absolute atomic E-state index is 12.5. The molecular weight excluding hydrogens is 376 g/mol. The number of carbonyl (C=O) groups is 1. The second-order valence-corrected chi connectivity index (χ2v) is 6.49. The third-order valence-electron chi connectivity index (χ3n) is 4.14. The van der Waals surface area contributed by atoms with Gasteiger partial charge in [-0.1, -0.05) is 11.6 Å². The maximum atomic E-state index is 12.5. The summed E-state index contributed by atoms with van der Waals surface area (Å²) in [4.78, 5) is 43.5. The van der Waals surface area contributed by atoms with Gasteiger partial charge in [-0.05, 0) is 19.1 Å². The molecule has 0 aromatic carbocycles. The molecule has 144 valence electrons. The lowest BCUT2D eigenvalue weighted by Gasteiger charge is -2.33. The van der Waals surface area contributed by atoms with Crippen LogP contribution in [0.15, 0.2) is 34.1 Å². The summed E-state index contributed by atoms with van der Waals surface area (Å²) < 4.78 is 12.4. The van der Waals surface area contributed by atoms with Gasteiger partial charge in [0.15, 0.2) is 10.9 Å². The van der Waals surface area contributed by atoms with Crippen molar-refractivity contribution < 1.29 is 14.3 Å². The van der Waals surface area contributed by atoms with Crippen molar-refractivity contribution in [1.29, 1.82) is 0 Å². The number of aromatic amines is 1. The van der Waals surface area contributed by atoms with Gasteiger partial charge in [-0.2, -0.15) is 0 Å². The summed E-state index contributed by atoms with van der Waals surface area (Å²) in [5.41, 5.74) is -0.705. The van der Waals surface area contributed by atoms with E-state index in [1.54, 1.807) is 30.2 Å². The zero-order valence-electron chi connectivity index (χ0n) is 14.7. The van der Waals surface area contributed by atoms with Gasteiger partial charge in [-0.3, -0.25) is 19.1 Å². The SMILES string of the molecule is Cc1cn(CC(=O)N2CCOC(COc3cccnc3Cl)C2)c(=O)[nH]c1=O. The third kappa shape index (κ3) is 4.75. The van der Waals surface area contributed by atoms with Crippen LogP contribution in [0.4, 0.5) is 0 Å². The Bertz CT molecular complexity index is 941. The van der Waals surface area contributed by atoms with E-state index in [1.807, 2.05) is 0 Å². The molecule has 1 atom stereocenters. The average Bonchev–Trinajstić information content (AvgIpc) is 2.65. The fraction of sp³-hybridized carbons (Fsp3) is 0.412. The van der Waals surface area contributed by atoms with Gasteiger partial charge < -0.3 is 14.4 Å². The molecule has 1 fully saturated rings. The molecule has 1 unspecified atom stereocenters. The molecule has 3 rings (SSSR count). The quantitative estimate of drug-likeness (QED) is 0.726. The molecule has 1 aliphatic rings. The number of pyridine rings is 1. The van der Waals surface area contributed by atoms with E-state index in [9.17, 15) is 14.4 Å². The number of amides is 1. The molecule has 1 amide bonds. The molecular formula is C17H19ClN4O5. The van der Waals surface area contributed by atoms with Crippen molar-refractivity contribution in [2.24, 2.45) is 0 Å². The number of hydrogen-bond acceptors (Lipinski definition) is 6. The number of H-pyrrole nitrogens is 1. The van der Waals surface area contributed by atoms with E-state index in [4.69, 9.17) is 21.1 Å². The van der Waals surface area contributed by atoms with Crippen LogP contribution in [0.3, 0.4) is 0 Å². The Morgan fingerprint density at radius 1 is 1.48 bits per heavy atom. The summed E-state index contributed by atoms with van der Waals surface area (Å²) in [5.74, 6) is 0.206. The number of ether oxygens (including phenoxy) is 2. The topological polar surface area (TPSA) is 107 Å². The summed E-state index contributed by atoms with van der Waals surface area (Å²) in [6, 6.07) is 3.41. The first-order valence-electron chi connectivity index (χ1n) is 8.37. The van der Waals surface area contributed by atoms with Crippen LogP contribution in [0.2, 0.25) is 5.15 Å². The number of rotatable bonds is 5. The van der Waals surface area contributed by atoms with Gasteiger partial charge in [0.05, 0.1) is 13.2 Å². The van der Waals surface area contributed by atoms with Crippen LogP contribution >= 0.6 is 11.6 Å². The summed E-state index contributed by atoms with van der Waals surface area (Å²) in [5, 5.41) is 0.258. The molecule has 0 saturated carbocycles. The molecule has 0 bridgehead atoms. The lowest BCUT2D eigenvalue weighted by Crippen LogP contribution is -2.49. The Hall–Kier alpha value is -2.65. The first-order chi connectivity index (χ1) is 12.9. The molecule has 1 N–H and O–H groups in total. The van der Waals surface area contributed by atoms with Crippen LogP contribution in [-0.2, 0) is 16.1 Å². The summed E-state index contributed by atoms with van der Waals surface area (Å²) >= 11 is 5.95. The number of carbonyl (C=O) groups excluding carboxylic acids is 1. The van der Waals surface area contributed by atoms with E-state index in [0.29, 0.717) is 31.0 Å². The van der Waals surface area contributed by atoms with Gasteiger partial charge in [0.25, 0.3) is 5.56 Å². The predicted molar refractivity (Wildman–Crippen MR) is 97.1 cm³/mol.